The van der Waals surface area contributed by atoms with Crippen molar-refractivity contribution in [1.29, 1.82) is 0 Å². The van der Waals surface area contributed by atoms with Crippen molar-refractivity contribution >= 4 is 51.6 Å². The number of nitrogens with zero attached hydrogens (tertiary/aromatic N) is 2. The molecule has 28 heavy (non-hydrogen) atoms. The number of nitrogens with one attached hydrogen (secondary N) is 3. The van der Waals surface area contributed by atoms with Crippen LogP contribution in [0.2, 0.25) is 5.15 Å². The summed E-state index contributed by atoms with van der Waals surface area (Å²) in [5.74, 6) is 0.360. The third-order valence-corrected chi connectivity index (χ3v) is 4.86. The van der Waals surface area contributed by atoms with Crippen molar-refractivity contribution in [1.82, 2.24) is 10.4 Å². The van der Waals surface area contributed by atoms with Crippen molar-refractivity contribution in [2.24, 2.45) is 5.10 Å². The zero-order chi connectivity index (χ0) is 19.8. The quantitative estimate of drug-likeness (QED) is 0.380. The predicted molar refractivity (Wildman–Crippen MR) is 114 cm³/mol. The highest BCUT2D eigenvalue weighted by Gasteiger charge is 2.08. The van der Waals surface area contributed by atoms with Gasteiger partial charge in [0.05, 0.1) is 30.4 Å². The van der Waals surface area contributed by atoms with Crippen molar-refractivity contribution < 1.29 is 9.53 Å². The van der Waals surface area contributed by atoms with Gasteiger partial charge in [0.1, 0.15) is 5.75 Å². The normalized spacial score (nSPS) is 10.6. The maximum Gasteiger partial charge on any atom is 0.259 e. The number of anilines is 3. The van der Waals surface area contributed by atoms with Gasteiger partial charge in [0.2, 0.25) is 0 Å². The number of halogens is 1. The molecule has 1 amide bonds. The fraction of sp³-hybridized carbons (Fsp3) is 0.105. The molecule has 0 aliphatic carbocycles. The van der Waals surface area contributed by atoms with E-state index >= 15 is 0 Å². The number of para-hydroxylation sites is 3. The van der Waals surface area contributed by atoms with E-state index in [1.807, 2.05) is 54.6 Å². The average Bonchev–Trinajstić information content (AvgIpc) is 3.06. The van der Waals surface area contributed by atoms with Gasteiger partial charge in [0, 0.05) is 5.69 Å². The van der Waals surface area contributed by atoms with Gasteiger partial charge in [-0.05, 0) is 24.3 Å². The first kappa shape index (κ1) is 19.7. The minimum absolute atomic E-state index is 0.0505. The van der Waals surface area contributed by atoms with Crippen LogP contribution in [0.1, 0.15) is 4.88 Å². The Kier molecular flexibility index (Phi) is 6.83. The molecule has 144 valence electrons. The van der Waals surface area contributed by atoms with E-state index in [0.29, 0.717) is 20.9 Å². The molecule has 0 aliphatic rings. The molecule has 0 fully saturated rings. The molecule has 0 saturated heterocycles. The second-order valence-corrected chi connectivity index (χ2v) is 6.90. The minimum atomic E-state index is -0.301. The van der Waals surface area contributed by atoms with Crippen LogP contribution in [0.4, 0.5) is 16.5 Å². The first-order valence-corrected chi connectivity index (χ1v) is 9.52. The van der Waals surface area contributed by atoms with Gasteiger partial charge in [-0.2, -0.15) is 5.10 Å². The van der Waals surface area contributed by atoms with E-state index in [2.05, 4.69) is 26.1 Å². The summed E-state index contributed by atoms with van der Waals surface area (Å²) in [5, 5.41) is 11.1. The number of hydrogen-bond acceptors (Lipinski definition) is 7. The standard InChI is InChI=1S/C19H18ClN5O2S/c1-27-15-10-6-5-9-14(15)21-12-17(26)25-22-11-16-18(20)24-19(28-16)23-13-7-3-2-4-8-13/h2-11,21H,12H2,1H3,(H,23,24)(H,25,26)/b22-11+. The minimum Gasteiger partial charge on any atom is -0.495 e. The SMILES string of the molecule is COc1ccccc1NCC(=O)N/N=C/c1sc(Nc2ccccc2)nc1Cl. The van der Waals surface area contributed by atoms with Gasteiger partial charge in [-0.25, -0.2) is 10.4 Å². The topological polar surface area (TPSA) is 87.6 Å². The van der Waals surface area contributed by atoms with E-state index in [-0.39, 0.29) is 12.5 Å². The van der Waals surface area contributed by atoms with Gasteiger partial charge in [0.25, 0.3) is 5.91 Å². The monoisotopic (exact) mass is 415 g/mol. The molecular weight excluding hydrogens is 398 g/mol. The highest BCUT2D eigenvalue weighted by Crippen LogP contribution is 2.27. The highest BCUT2D eigenvalue weighted by atomic mass is 35.5. The van der Waals surface area contributed by atoms with Gasteiger partial charge in [-0.15, -0.1) is 0 Å². The second-order valence-electron chi connectivity index (χ2n) is 5.51. The maximum absolute atomic E-state index is 12.0. The third-order valence-electron chi connectivity index (χ3n) is 3.55. The number of rotatable bonds is 8. The average molecular weight is 416 g/mol. The molecule has 3 rings (SSSR count). The zero-order valence-corrected chi connectivity index (χ0v) is 16.6. The molecule has 3 aromatic rings. The Morgan fingerprint density at radius 3 is 2.75 bits per heavy atom. The summed E-state index contributed by atoms with van der Waals surface area (Å²) < 4.78 is 5.22. The number of methoxy groups -OCH3 is 1. The number of thiazole rings is 1. The molecule has 1 aromatic heterocycles. The van der Waals surface area contributed by atoms with Crippen LogP contribution in [-0.4, -0.2) is 30.8 Å². The lowest BCUT2D eigenvalue weighted by Gasteiger charge is -2.09. The summed E-state index contributed by atoms with van der Waals surface area (Å²) in [5.41, 5.74) is 4.09. The van der Waals surface area contributed by atoms with Gasteiger partial charge in [-0.3, -0.25) is 4.79 Å². The van der Waals surface area contributed by atoms with E-state index in [4.69, 9.17) is 16.3 Å². The van der Waals surface area contributed by atoms with Crippen LogP contribution in [0.25, 0.3) is 0 Å². The number of amides is 1. The lowest BCUT2D eigenvalue weighted by atomic mass is 10.3. The number of hydrazone groups is 1. The van der Waals surface area contributed by atoms with Gasteiger partial charge < -0.3 is 15.4 Å². The maximum atomic E-state index is 12.0. The summed E-state index contributed by atoms with van der Waals surface area (Å²) in [6.07, 6.45) is 1.47. The fourth-order valence-corrected chi connectivity index (χ4v) is 3.31. The zero-order valence-electron chi connectivity index (χ0n) is 15.0. The van der Waals surface area contributed by atoms with Crippen LogP contribution in [-0.2, 0) is 4.79 Å². The molecule has 0 unspecified atom stereocenters. The predicted octanol–water partition coefficient (Wildman–Crippen LogP) is 4.11. The largest absolute Gasteiger partial charge is 0.495 e. The molecule has 0 saturated carbocycles. The van der Waals surface area contributed by atoms with Gasteiger partial charge >= 0.3 is 0 Å². The summed E-state index contributed by atoms with van der Waals surface area (Å²) >= 11 is 7.46. The fourth-order valence-electron chi connectivity index (χ4n) is 2.26. The third kappa shape index (κ3) is 5.45. The molecule has 9 heteroatoms. The summed E-state index contributed by atoms with van der Waals surface area (Å²) in [4.78, 5) is 16.8. The van der Waals surface area contributed by atoms with Gasteiger partial charge in [-0.1, -0.05) is 53.3 Å². The van der Waals surface area contributed by atoms with Crippen LogP contribution >= 0.6 is 22.9 Å². The van der Waals surface area contributed by atoms with Crippen LogP contribution in [0, 0.1) is 0 Å². The Labute approximate surface area is 171 Å². The molecule has 0 radical (unpaired) electrons. The molecule has 3 N–H and O–H groups in total. The van der Waals surface area contributed by atoms with Crippen molar-refractivity contribution in [3.63, 3.8) is 0 Å². The number of benzene rings is 2. The molecule has 7 nitrogen and oxygen atoms in total. The van der Waals surface area contributed by atoms with Crippen molar-refractivity contribution in [3.05, 3.63) is 64.6 Å². The number of ether oxygens (including phenoxy) is 1. The van der Waals surface area contributed by atoms with E-state index < -0.39 is 0 Å². The molecular formula is C19H18ClN5O2S. The van der Waals surface area contributed by atoms with Crippen LogP contribution < -0.4 is 20.8 Å². The van der Waals surface area contributed by atoms with Crippen LogP contribution in [0.15, 0.2) is 59.7 Å². The molecule has 1 heterocycles. The lowest BCUT2D eigenvalue weighted by molar-refractivity contribution is -0.119. The number of carbonyl (C=O) groups excluding carboxylic acids is 1. The number of carbonyl (C=O) groups is 1. The molecule has 0 atom stereocenters. The van der Waals surface area contributed by atoms with E-state index in [1.54, 1.807) is 7.11 Å². The lowest BCUT2D eigenvalue weighted by Crippen LogP contribution is -2.26. The summed E-state index contributed by atoms with van der Waals surface area (Å²) in [7, 11) is 1.57. The second kappa shape index (κ2) is 9.72. The van der Waals surface area contributed by atoms with Gasteiger partial charge in [0.15, 0.2) is 10.3 Å². The molecule has 0 spiro atoms. The number of aromatic nitrogens is 1. The van der Waals surface area contributed by atoms with E-state index in [1.165, 1.54) is 17.6 Å². The number of hydrogen-bond donors (Lipinski definition) is 3. The van der Waals surface area contributed by atoms with E-state index in [0.717, 1.165) is 11.4 Å². The Hall–Kier alpha value is -3.10. The Bertz CT molecular complexity index is 962. The Morgan fingerprint density at radius 2 is 1.96 bits per heavy atom. The van der Waals surface area contributed by atoms with Crippen molar-refractivity contribution in [2.45, 2.75) is 0 Å². The molecule has 0 aliphatic heterocycles. The smallest absolute Gasteiger partial charge is 0.259 e. The first-order chi connectivity index (χ1) is 13.7. The van der Waals surface area contributed by atoms with Crippen molar-refractivity contribution in [3.8, 4) is 5.75 Å². The van der Waals surface area contributed by atoms with E-state index in [9.17, 15) is 4.79 Å². The van der Waals surface area contributed by atoms with Crippen LogP contribution in [0.3, 0.4) is 0 Å². The molecule has 0 bridgehead atoms. The summed E-state index contributed by atoms with van der Waals surface area (Å²) in [6, 6.07) is 17.0. The van der Waals surface area contributed by atoms with Crippen molar-refractivity contribution in [2.75, 3.05) is 24.3 Å². The summed E-state index contributed by atoms with van der Waals surface area (Å²) in [6.45, 7) is 0.0505. The van der Waals surface area contributed by atoms with Crippen LogP contribution in [0.5, 0.6) is 5.75 Å². The Balaban J connectivity index is 1.52. The highest BCUT2D eigenvalue weighted by molar-refractivity contribution is 7.17. The Morgan fingerprint density at radius 1 is 1.21 bits per heavy atom. The molecule has 2 aromatic carbocycles. The first-order valence-electron chi connectivity index (χ1n) is 8.33.